The minimum Gasteiger partial charge on any atom is -0.481 e. The molecule has 0 saturated heterocycles. The second-order valence-electron chi connectivity index (χ2n) is 4.34. The van der Waals surface area contributed by atoms with Gasteiger partial charge in [-0.15, -0.1) is 0 Å². The Morgan fingerprint density at radius 2 is 2.21 bits per heavy atom. The van der Waals surface area contributed by atoms with Crippen LogP contribution >= 0.6 is 11.6 Å². The summed E-state index contributed by atoms with van der Waals surface area (Å²) < 4.78 is 26.3. The van der Waals surface area contributed by atoms with Crippen LogP contribution in [0.5, 0.6) is 0 Å². The Kier molecular flexibility index (Phi) is 4.89. The van der Waals surface area contributed by atoms with E-state index < -0.39 is 21.4 Å². The van der Waals surface area contributed by atoms with Crippen LogP contribution in [0.15, 0.2) is 23.2 Å². The molecule has 2 N–H and O–H groups in total. The maximum atomic E-state index is 12.0. The molecule has 0 aliphatic heterocycles. The van der Waals surface area contributed by atoms with Gasteiger partial charge in [0.2, 0.25) is 10.0 Å². The molecule has 1 heterocycles. The van der Waals surface area contributed by atoms with Crippen LogP contribution in [-0.4, -0.2) is 31.0 Å². The highest BCUT2D eigenvalue weighted by atomic mass is 35.5. The van der Waals surface area contributed by atoms with Crippen LogP contribution in [-0.2, 0) is 14.8 Å². The van der Waals surface area contributed by atoms with E-state index >= 15 is 0 Å². The summed E-state index contributed by atoms with van der Waals surface area (Å²) in [5.41, 5.74) is -1.16. The van der Waals surface area contributed by atoms with Gasteiger partial charge in [-0.25, -0.2) is 18.1 Å². The minimum atomic E-state index is -3.88. The number of carbonyl (C=O) groups is 1. The predicted octanol–water partition coefficient (Wildman–Crippen LogP) is 1.51. The second kappa shape index (κ2) is 5.85. The first-order valence-electron chi connectivity index (χ1n) is 5.56. The normalized spacial score (nSPS) is 14.9. The van der Waals surface area contributed by atoms with Crippen molar-refractivity contribution in [1.29, 1.82) is 0 Å². The van der Waals surface area contributed by atoms with Crippen molar-refractivity contribution in [3.63, 3.8) is 0 Å². The molecule has 1 aromatic rings. The van der Waals surface area contributed by atoms with E-state index in [0.29, 0.717) is 6.42 Å². The van der Waals surface area contributed by atoms with Crippen LogP contribution in [0.2, 0.25) is 5.15 Å². The van der Waals surface area contributed by atoms with Gasteiger partial charge < -0.3 is 5.11 Å². The van der Waals surface area contributed by atoms with Gasteiger partial charge in [-0.1, -0.05) is 18.5 Å². The molecule has 19 heavy (non-hydrogen) atoms. The molecule has 0 saturated carbocycles. The lowest BCUT2D eigenvalue weighted by Gasteiger charge is -2.23. The van der Waals surface area contributed by atoms with Crippen LogP contribution in [0, 0.1) is 5.41 Å². The molecule has 0 aromatic carbocycles. The number of hydrogen-bond acceptors (Lipinski definition) is 4. The Balaban J connectivity index is 2.94. The monoisotopic (exact) mass is 306 g/mol. The van der Waals surface area contributed by atoms with Crippen molar-refractivity contribution >= 4 is 27.6 Å². The number of carboxylic acids is 1. The number of nitrogens with zero attached hydrogens (tertiary/aromatic N) is 1. The van der Waals surface area contributed by atoms with Crippen LogP contribution in [0.4, 0.5) is 0 Å². The number of hydrogen-bond donors (Lipinski definition) is 2. The minimum absolute atomic E-state index is 0.150. The smallest absolute Gasteiger partial charge is 0.310 e. The number of sulfonamides is 1. The summed E-state index contributed by atoms with van der Waals surface area (Å²) in [6.07, 6.45) is 1.67. The number of rotatable bonds is 6. The van der Waals surface area contributed by atoms with Gasteiger partial charge >= 0.3 is 5.97 Å². The fourth-order valence-electron chi connectivity index (χ4n) is 1.26. The summed E-state index contributed by atoms with van der Waals surface area (Å²) in [4.78, 5) is 14.6. The van der Waals surface area contributed by atoms with E-state index in [0.717, 1.165) is 0 Å². The number of carboxylic acid groups (broad SMARTS) is 1. The fraction of sp³-hybridized carbons (Fsp3) is 0.455. The molecule has 8 heteroatoms. The SMILES string of the molecule is CCC(C)(CNS(=O)(=O)c1cccnc1Cl)C(=O)O. The molecule has 1 unspecified atom stereocenters. The van der Waals surface area contributed by atoms with Gasteiger partial charge in [-0.2, -0.15) is 0 Å². The molecule has 0 aliphatic rings. The molecular weight excluding hydrogens is 292 g/mol. The number of nitrogens with one attached hydrogen (secondary N) is 1. The first-order valence-corrected chi connectivity index (χ1v) is 7.42. The molecule has 1 atom stereocenters. The average molecular weight is 307 g/mol. The maximum absolute atomic E-state index is 12.0. The van der Waals surface area contributed by atoms with Crippen molar-refractivity contribution in [2.75, 3.05) is 6.54 Å². The Hall–Kier alpha value is -1.18. The highest BCUT2D eigenvalue weighted by Gasteiger charge is 2.33. The molecular formula is C11H15ClN2O4S. The van der Waals surface area contributed by atoms with Crippen molar-refractivity contribution in [3.8, 4) is 0 Å². The van der Waals surface area contributed by atoms with Gasteiger partial charge in [-0.3, -0.25) is 4.79 Å². The lowest BCUT2D eigenvalue weighted by atomic mass is 9.88. The van der Waals surface area contributed by atoms with Gasteiger partial charge in [0.1, 0.15) is 10.0 Å². The van der Waals surface area contributed by atoms with E-state index in [-0.39, 0.29) is 16.6 Å². The van der Waals surface area contributed by atoms with Crippen molar-refractivity contribution in [3.05, 3.63) is 23.5 Å². The molecule has 6 nitrogen and oxygen atoms in total. The molecule has 0 fully saturated rings. The van der Waals surface area contributed by atoms with E-state index in [1.54, 1.807) is 6.92 Å². The molecule has 0 amide bonds. The highest BCUT2D eigenvalue weighted by Crippen LogP contribution is 2.22. The zero-order valence-electron chi connectivity index (χ0n) is 10.6. The molecule has 0 aliphatic carbocycles. The summed E-state index contributed by atoms with van der Waals surface area (Å²) in [6.45, 7) is 2.94. The van der Waals surface area contributed by atoms with Gasteiger partial charge in [-0.05, 0) is 25.5 Å². The average Bonchev–Trinajstić information content (AvgIpc) is 2.36. The summed E-state index contributed by atoms with van der Waals surface area (Å²) in [6, 6.07) is 2.75. The third kappa shape index (κ3) is 3.65. The quantitative estimate of drug-likeness (QED) is 0.777. The maximum Gasteiger partial charge on any atom is 0.310 e. The third-order valence-corrected chi connectivity index (χ3v) is 4.81. The van der Waals surface area contributed by atoms with Crippen LogP contribution in [0.25, 0.3) is 0 Å². The van der Waals surface area contributed by atoms with E-state index in [2.05, 4.69) is 9.71 Å². The zero-order valence-corrected chi connectivity index (χ0v) is 12.1. The van der Waals surface area contributed by atoms with Crippen molar-refractivity contribution < 1.29 is 18.3 Å². The Labute approximate surface area is 116 Å². The van der Waals surface area contributed by atoms with E-state index in [9.17, 15) is 13.2 Å². The standard InChI is InChI=1S/C11H15ClN2O4S/c1-3-11(2,10(15)16)7-14-19(17,18)8-5-4-6-13-9(8)12/h4-6,14H,3,7H2,1-2H3,(H,15,16). The zero-order chi connectivity index (χ0) is 14.7. The van der Waals surface area contributed by atoms with Crippen molar-refractivity contribution in [2.45, 2.75) is 25.2 Å². The number of halogens is 1. The van der Waals surface area contributed by atoms with Crippen molar-refractivity contribution in [1.82, 2.24) is 9.71 Å². The van der Waals surface area contributed by atoms with Gasteiger partial charge in [0, 0.05) is 12.7 Å². The van der Waals surface area contributed by atoms with E-state index in [1.807, 2.05) is 0 Å². The third-order valence-electron chi connectivity index (χ3n) is 2.96. The predicted molar refractivity (Wildman–Crippen MR) is 70.5 cm³/mol. The summed E-state index contributed by atoms with van der Waals surface area (Å²) in [5, 5.41) is 8.93. The molecule has 1 rings (SSSR count). The Morgan fingerprint density at radius 1 is 1.58 bits per heavy atom. The van der Waals surface area contributed by atoms with E-state index in [1.165, 1.54) is 25.3 Å². The van der Waals surface area contributed by atoms with Crippen LogP contribution in [0.1, 0.15) is 20.3 Å². The van der Waals surface area contributed by atoms with Crippen LogP contribution in [0.3, 0.4) is 0 Å². The van der Waals surface area contributed by atoms with Crippen LogP contribution < -0.4 is 4.72 Å². The Morgan fingerprint density at radius 3 is 2.68 bits per heavy atom. The summed E-state index contributed by atoms with van der Waals surface area (Å²) >= 11 is 5.71. The number of pyridine rings is 1. The Bertz CT molecular complexity index is 576. The van der Waals surface area contributed by atoms with Gasteiger partial charge in [0.15, 0.2) is 0 Å². The molecule has 0 spiro atoms. The first kappa shape index (κ1) is 15.9. The molecule has 106 valence electrons. The largest absolute Gasteiger partial charge is 0.481 e. The van der Waals surface area contributed by atoms with E-state index in [4.69, 9.17) is 16.7 Å². The second-order valence-corrected chi connectivity index (χ2v) is 6.43. The van der Waals surface area contributed by atoms with Gasteiger partial charge in [0.25, 0.3) is 0 Å². The molecule has 1 aromatic heterocycles. The molecule has 0 radical (unpaired) electrons. The molecule has 0 bridgehead atoms. The van der Waals surface area contributed by atoms with Gasteiger partial charge in [0.05, 0.1) is 5.41 Å². The summed E-state index contributed by atoms with van der Waals surface area (Å²) in [5.74, 6) is -1.06. The highest BCUT2D eigenvalue weighted by molar-refractivity contribution is 7.89. The topological polar surface area (TPSA) is 96.4 Å². The first-order chi connectivity index (χ1) is 8.73. The van der Waals surface area contributed by atoms with Crippen molar-refractivity contribution in [2.24, 2.45) is 5.41 Å². The fourth-order valence-corrected chi connectivity index (χ4v) is 2.88. The summed E-state index contributed by atoms with van der Waals surface area (Å²) in [7, 11) is -3.88. The lowest BCUT2D eigenvalue weighted by Crippen LogP contribution is -2.40. The number of aliphatic carboxylic acids is 1. The lowest BCUT2D eigenvalue weighted by molar-refractivity contribution is -0.147. The number of aromatic nitrogens is 1.